The summed E-state index contributed by atoms with van der Waals surface area (Å²) in [5.41, 5.74) is 7.88. The van der Waals surface area contributed by atoms with Gasteiger partial charge in [-0.1, -0.05) is 30.3 Å². The molecular formula is C26H20N4O2. The molecule has 0 atom stereocenters. The summed E-state index contributed by atoms with van der Waals surface area (Å²) in [5, 5.41) is 10.1. The van der Waals surface area contributed by atoms with Crippen LogP contribution in [0.25, 0.3) is 44.7 Å². The predicted molar refractivity (Wildman–Crippen MR) is 124 cm³/mol. The topological polar surface area (TPSA) is 91.8 Å². The van der Waals surface area contributed by atoms with Crippen LogP contribution in [0.2, 0.25) is 0 Å². The molecule has 6 nitrogen and oxygen atoms in total. The van der Waals surface area contributed by atoms with Crippen LogP contribution in [0.3, 0.4) is 0 Å². The quantitative estimate of drug-likeness (QED) is 0.403. The van der Waals surface area contributed by atoms with Gasteiger partial charge < -0.3 is 10.1 Å². The monoisotopic (exact) mass is 420 g/mol. The van der Waals surface area contributed by atoms with Gasteiger partial charge in [0, 0.05) is 40.8 Å². The fourth-order valence-electron chi connectivity index (χ4n) is 3.87. The van der Waals surface area contributed by atoms with Crippen molar-refractivity contribution in [3.8, 4) is 33.6 Å². The maximum absolute atomic E-state index is 11.1. The SMILES string of the molecule is Cc1cccc(-c2cc(-c3cncc(-c4cccc(CC(=O)O)c4)c3)c3cc[nH]c3n2)n1. The van der Waals surface area contributed by atoms with E-state index >= 15 is 0 Å². The number of pyridine rings is 3. The number of nitrogens with zero attached hydrogens (tertiary/aromatic N) is 3. The third-order valence-electron chi connectivity index (χ3n) is 5.34. The zero-order chi connectivity index (χ0) is 22.1. The number of aromatic nitrogens is 4. The van der Waals surface area contributed by atoms with E-state index in [4.69, 9.17) is 10.1 Å². The van der Waals surface area contributed by atoms with Crippen molar-refractivity contribution in [1.82, 2.24) is 19.9 Å². The second-order valence-electron chi connectivity index (χ2n) is 7.69. The summed E-state index contributed by atoms with van der Waals surface area (Å²) >= 11 is 0. The summed E-state index contributed by atoms with van der Waals surface area (Å²) in [4.78, 5) is 28.2. The van der Waals surface area contributed by atoms with Gasteiger partial charge in [-0.3, -0.25) is 14.8 Å². The van der Waals surface area contributed by atoms with Crippen molar-refractivity contribution in [3.05, 3.63) is 90.5 Å². The maximum Gasteiger partial charge on any atom is 0.307 e. The molecule has 0 saturated carbocycles. The highest BCUT2D eigenvalue weighted by Crippen LogP contribution is 2.33. The summed E-state index contributed by atoms with van der Waals surface area (Å²) in [6, 6.07) is 19.6. The van der Waals surface area contributed by atoms with Crippen LogP contribution in [0.15, 0.2) is 79.3 Å². The number of fused-ring (bicyclic) bond motifs is 1. The van der Waals surface area contributed by atoms with Crippen molar-refractivity contribution in [3.63, 3.8) is 0 Å². The van der Waals surface area contributed by atoms with E-state index in [1.807, 2.05) is 73.9 Å². The third kappa shape index (κ3) is 3.86. The van der Waals surface area contributed by atoms with Crippen molar-refractivity contribution in [2.45, 2.75) is 13.3 Å². The van der Waals surface area contributed by atoms with Gasteiger partial charge in [0.1, 0.15) is 5.65 Å². The highest BCUT2D eigenvalue weighted by Gasteiger charge is 2.13. The number of benzene rings is 1. The number of rotatable bonds is 5. The first-order chi connectivity index (χ1) is 15.6. The number of carboxylic acid groups (broad SMARTS) is 1. The smallest absolute Gasteiger partial charge is 0.307 e. The van der Waals surface area contributed by atoms with E-state index in [9.17, 15) is 4.79 Å². The van der Waals surface area contributed by atoms with Crippen LogP contribution in [-0.4, -0.2) is 31.0 Å². The van der Waals surface area contributed by atoms with Gasteiger partial charge in [-0.05, 0) is 53.9 Å². The van der Waals surface area contributed by atoms with Gasteiger partial charge in [0.2, 0.25) is 0 Å². The molecule has 5 aromatic rings. The number of carboxylic acids is 1. The lowest BCUT2D eigenvalue weighted by Gasteiger charge is -2.10. The lowest BCUT2D eigenvalue weighted by Crippen LogP contribution is -1.99. The van der Waals surface area contributed by atoms with Crippen LogP contribution in [0.5, 0.6) is 0 Å². The standard InChI is InChI=1S/C26H20N4O2/c1-16-4-2-7-23(29-16)24-13-22(21-8-9-28-26(21)30-24)20-12-19(14-27-15-20)18-6-3-5-17(10-18)11-25(31)32/h2-10,12-15H,11H2,1H3,(H,28,30)(H,31,32). The molecule has 0 saturated heterocycles. The molecule has 156 valence electrons. The third-order valence-corrected chi connectivity index (χ3v) is 5.34. The molecule has 0 spiro atoms. The van der Waals surface area contributed by atoms with Crippen molar-refractivity contribution in [2.24, 2.45) is 0 Å². The Bertz CT molecular complexity index is 1460. The highest BCUT2D eigenvalue weighted by molar-refractivity contribution is 5.95. The van der Waals surface area contributed by atoms with Crippen LogP contribution in [0, 0.1) is 6.92 Å². The minimum Gasteiger partial charge on any atom is -0.481 e. The second-order valence-corrected chi connectivity index (χ2v) is 7.69. The van der Waals surface area contributed by atoms with E-state index in [2.05, 4.69) is 21.0 Å². The zero-order valence-electron chi connectivity index (χ0n) is 17.4. The van der Waals surface area contributed by atoms with E-state index in [1.54, 1.807) is 6.20 Å². The van der Waals surface area contributed by atoms with E-state index in [0.29, 0.717) is 0 Å². The first-order valence-corrected chi connectivity index (χ1v) is 10.3. The van der Waals surface area contributed by atoms with Gasteiger partial charge in [0.25, 0.3) is 0 Å². The average molecular weight is 420 g/mol. The summed E-state index contributed by atoms with van der Waals surface area (Å²) < 4.78 is 0. The van der Waals surface area contributed by atoms with Gasteiger partial charge in [0.15, 0.2) is 0 Å². The molecule has 2 N–H and O–H groups in total. The number of hydrogen-bond acceptors (Lipinski definition) is 4. The fraction of sp³-hybridized carbons (Fsp3) is 0.0769. The molecule has 0 radical (unpaired) electrons. The first kappa shape index (κ1) is 19.6. The molecule has 0 unspecified atom stereocenters. The molecule has 6 heteroatoms. The van der Waals surface area contributed by atoms with Crippen LogP contribution < -0.4 is 0 Å². The Morgan fingerprint density at radius 2 is 1.75 bits per heavy atom. The number of H-pyrrole nitrogens is 1. The van der Waals surface area contributed by atoms with E-state index < -0.39 is 5.97 Å². The molecule has 4 heterocycles. The van der Waals surface area contributed by atoms with Gasteiger partial charge in [0.05, 0.1) is 17.8 Å². The summed E-state index contributed by atoms with van der Waals surface area (Å²) in [6.45, 7) is 1.96. The molecule has 4 aromatic heterocycles. The molecule has 5 rings (SSSR count). The number of carbonyl (C=O) groups is 1. The Kier molecular flexibility index (Phi) is 4.95. The molecule has 0 aliphatic carbocycles. The molecule has 1 aromatic carbocycles. The predicted octanol–water partition coefficient (Wildman–Crippen LogP) is 5.29. The normalized spacial score (nSPS) is 11.0. The minimum absolute atomic E-state index is 0.0118. The van der Waals surface area contributed by atoms with Crippen LogP contribution >= 0.6 is 0 Å². The molecule has 0 aliphatic rings. The number of hydrogen-bond donors (Lipinski definition) is 2. The van der Waals surface area contributed by atoms with E-state index in [-0.39, 0.29) is 6.42 Å². The molecule has 0 bridgehead atoms. The molecule has 0 aliphatic heterocycles. The van der Waals surface area contributed by atoms with Crippen molar-refractivity contribution >= 4 is 17.0 Å². The number of nitrogens with one attached hydrogen (secondary N) is 1. The second kappa shape index (κ2) is 8.07. The van der Waals surface area contributed by atoms with Crippen LogP contribution in [0.1, 0.15) is 11.3 Å². The van der Waals surface area contributed by atoms with Crippen molar-refractivity contribution < 1.29 is 9.90 Å². The summed E-state index contributed by atoms with van der Waals surface area (Å²) in [5.74, 6) is -0.849. The Labute approximate surface area is 184 Å². The van der Waals surface area contributed by atoms with Crippen LogP contribution in [-0.2, 0) is 11.2 Å². The molecule has 32 heavy (non-hydrogen) atoms. The van der Waals surface area contributed by atoms with Crippen molar-refractivity contribution in [1.29, 1.82) is 0 Å². The van der Waals surface area contributed by atoms with Gasteiger partial charge in [-0.15, -0.1) is 0 Å². The lowest BCUT2D eigenvalue weighted by atomic mass is 9.98. The van der Waals surface area contributed by atoms with Crippen LogP contribution in [0.4, 0.5) is 0 Å². The average Bonchev–Trinajstić information content (AvgIpc) is 3.27. The Hall–Kier alpha value is -4.32. The first-order valence-electron chi connectivity index (χ1n) is 10.3. The minimum atomic E-state index is -0.849. The lowest BCUT2D eigenvalue weighted by molar-refractivity contribution is -0.136. The molecule has 0 amide bonds. The number of aliphatic carboxylic acids is 1. The van der Waals surface area contributed by atoms with Crippen molar-refractivity contribution in [2.75, 3.05) is 0 Å². The van der Waals surface area contributed by atoms with Gasteiger partial charge >= 0.3 is 5.97 Å². The van der Waals surface area contributed by atoms with E-state index in [1.165, 1.54) is 0 Å². The zero-order valence-corrected chi connectivity index (χ0v) is 17.4. The maximum atomic E-state index is 11.1. The molecular weight excluding hydrogens is 400 g/mol. The number of aromatic amines is 1. The highest BCUT2D eigenvalue weighted by atomic mass is 16.4. The van der Waals surface area contributed by atoms with Gasteiger partial charge in [-0.2, -0.15) is 0 Å². The van der Waals surface area contributed by atoms with E-state index in [0.717, 1.165) is 55.9 Å². The Balaban J connectivity index is 1.62. The Morgan fingerprint density at radius 3 is 2.59 bits per heavy atom. The molecule has 0 fully saturated rings. The number of aryl methyl sites for hydroxylation is 1. The summed E-state index contributed by atoms with van der Waals surface area (Å²) in [6.07, 6.45) is 5.49. The van der Waals surface area contributed by atoms with Gasteiger partial charge in [-0.25, -0.2) is 4.98 Å². The largest absolute Gasteiger partial charge is 0.481 e. The fourth-order valence-corrected chi connectivity index (χ4v) is 3.87. The summed E-state index contributed by atoms with van der Waals surface area (Å²) in [7, 11) is 0. The Morgan fingerprint density at radius 1 is 0.906 bits per heavy atom.